The average molecular weight is 355 g/mol. The number of fused-ring (bicyclic) bond motifs is 1. The normalized spacial score (nSPS) is 10.4. The van der Waals surface area contributed by atoms with Crippen LogP contribution in [0.25, 0.3) is 10.8 Å². The van der Waals surface area contributed by atoms with Crippen molar-refractivity contribution in [2.24, 2.45) is 0 Å². The Hall–Kier alpha value is -2.33. The van der Waals surface area contributed by atoms with E-state index in [1.54, 1.807) is 0 Å². The lowest BCUT2D eigenvalue weighted by Gasteiger charge is -2.09. The van der Waals surface area contributed by atoms with Crippen LogP contribution in [0.15, 0.2) is 71.2 Å². The average Bonchev–Trinajstić information content (AvgIpc) is 2.54. The van der Waals surface area contributed by atoms with Crippen molar-refractivity contribution >= 4 is 38.4 Å². The Morgan fingerprint density at radius 3 is 2.45 bits per heavy atom. The molecule has 0 heterocycles. The molecule has 3 aromatic carbocycles. The summed E-state index contributed by atoms with van der Waals surface area (Å²) >= 11 is 3.45. The van der Waals surface area contributed by atoms with E-state index >= 15 is 0 Å². The smallest absolute Gasteiger partial charge is 0.319 e. The number of anilines is 1. The number of nitrogens with one attached hydrogen (secondary N) is 2. The van der Waals surface area contributed by atoms with Gasteiger partial charge in [0.1, 0.15) is 0 Å². The topological polar surface area (TPSA) is 41.1 Å². The predicted molar refractivity (Wildman–Crippen MR) is 93.9 cm³/mol. The van der Waals surface area contributed by atoms with Crippen LogP contribution in [0.5, 0.6) is 0 Å². The van der Waals surface area contributed by atoms with Gasteiger partial charge in [0.25, 0.3) is 0 Å². The van der Waals surface area contributed by atoms with E-state index in [1.807, 2.05) is 60.7 Å². The van der Waals surface area contributed by atoms with Crippen molar-refractivity contribution in [1.29, 1.82) is 0 Å². The Labute approximate surface area is 137 Å². The van der Waals surface area contributed by atoms with Crippen molar-refractivity contribution in [3.8, 4) is 0 Å². The van der Waals surface area contributed by atoms with E-state index in [9.17, 15) is 4.79 Å². The minimum absolute atomic E-state index is 0.208. The fourth-order valence-electron chi connectivity index (χ4n) is 2.25. The molecule has 0 aromatic heterocycles. The summed E-state index contributed by atoms with van der Waals surface area (Å²) in [6.07, 6.45) is 0. The number of hydrogen-bond donors (Lipinski definition) is 2. The summed E-state index contributed by atoms with van der Waals surface area (Å²) in [6.45, 7) is 0.507. The van der Waals surface area contributed by atoms with E-state index in [2.05, 4.69) is 32.6 Å². The fraction of sp³-hybridized carbons (Fsp3) is 0.0556. The molecule has 0 aliphatic rings. The van der Waals surface area contributed by atoms with Crippen LogP contribution < -0.4 is 10.6 Å². The molecule has 2 N–H and O–H groups in total. The largest absolute Gasteiger partial charge is 0.334 e. The highest BCUT2D eigenvalue weighted by Gasteiger charge is 2.03. The Balaban J connectivity index is 1.65. The van der Waals surface area contributed by atoms with Crippen LogP contribution >= 0.6 is 15.9 Å². The highest BCUT2D eigenvalue weighted by atomic mass is 79.9. The molecular weight excluding hydrogens is 340 g/mol. The van der Waals surface area contributed by atoms with E-state index in [0.717, 1.165) is 26.5 Å². The SMILES string of the molecule is O=C(NCc1ccccc1)Nc1ccc2cc(Br)ccc2c1. The van der Waals surface area contributed by atoms with E-state index < -0.39 is 0 Å². The zero-order valence-corrected chi connectivity index (χ0v) is 13.4. The summed E-state index contributed by atoms with van der Waals surface area (Å²) in [7, 11) is 0. The third-order valence-corrected chi connectivity index (χ3v) is 3.85. The van der Waals surface area contributed by atoms with Crippen LogP contribution in [0, 0.1) is 0 Å². The number of rotatable bonds is 3. The molecule has 0 bridgehead atoms. The van der Waals surface area contributed by atoms with Crippen LogP contribution in [0.3, 0.4) is 0 Å². The van der Waals surface area contributed by atoms with Gasteiger partial charge in [0.2, 0.25) is 0 Å². The molecule has 0 saturated heterocycles. The van der Waals surface area contributed by atoms with Crippen molar-refractivity contribution in [3.63, 3.8) is 0 Å². The third kappa shape index (κ3) is 3.65. The molecule has 0 atom stereocenters. The van der Waals surface area contributed by atoms with Crippen LogP contribution in [-0.2, 0) is 6.54 Å². The summed E-state index contributed by atoms with van der Waals surface area (Å²) in [4.78, 5) is 11.9. The summed E-state index contributed by atoms with van der Waals surface area (Å²) in [5.74, 6) is 0. The second kappa shape index (κ2) is 6.62. The summed E-state index contributed by atoms with van der Waals surface area (Å²) in [6, 6.07) is 21.5. The van der Waals surface area contributed by atoms with Gasteiger partial charge in [-0.15, -0.1) is 0 Å². The lowest BCUT2D eigenvalue weighted by Crippen LogP contribution is -2.28. The van der Waals surface area contributed by atoms with Gasteiger partial charge < -0.3 is 10.6 Å². The monoisotopic (exact) mass is 354 g/mol. The molecule has 3 nitrogen and oxygen atoms in total. The third-order valence-electron chi connectivity index (χ3n) is 3.36. The van der Waals surface area contributed by atoms with Crippen LogP contribution in [0.2, 0.25) is 0 Å². The standard InChI is InChI=1S/C18H15BrN2O/c19-16-8-6-15-11-17(9-7-14(15)10-16)21-18(22)20-12-13-4-2-1-3-5-13/h1-11H,12H2,(H2,20,21,22). The van der Waals surface area contributed by atoms with Gasteiger partial charge in [-0.3, -0.25) is 0 Å². The van der Waals surface area contributed by atoms with Crippen LogP contribution in [0.4, 0.5) is 10.5 Å². The maximum atomic E-state index is 11.9. The summed E-state index contributed by atoms with van der Waals surface area (Å²) < 4.78 is 1.04. The van der Waals surface area contributed by atoms with Gasteiger partial charge in [0, 0.05) is 16.7 Å². The van der Waals surface area contributed by atoms with E-state index in [-0.39, 0.29) is 6.03 Å². The van der Waals surface area contributed by atoms with Gasteiger partial charge in [-0.2, -0.15) is 0 Å². The van der Waals surface area contributed by atoms with E-state index in [0.29, 0.717) is 6.54 Å². The molecule has 0 spiro atoms. The van der Waals surface area contributed by atoms with Crippen molar-refractivity contribution in [3.05, 3.63) is 76.8 Å². The van der Waals surface area contributed by atoms with E-state index in [1.165, 1.54) is 0 Å². The van der Waals surface area contributed by atoms with Gasteiger partial charge in [0.15, 0.2) is 0 Å². The van der Waals surface area contributed by atoms with E-state index in [4.69, 9.17) is 0 Å². The first-order valence-corrected chi connectivity index (χ1v) is 7.78. The zero-order chi connectivity index (χ0) is 15.4. The molecule has 4 heteroatoms. The van der Waals surface area contributed by atoms with Gasteiger partial charge in [-0.25, -0.2) is 4.79 Å². The molecule has 3 aromatic rings. The Morgan fingerprint density at radius 2 is 1.64 bits per heavy atom. The second-order valence-electron chi connectivity index (χ2n) is 5.00. The van der Waals surface area contributed by atoms with Crippen LogP contribution in [0.1, 0.15) is 5.56 Å². The molecule has 3 rings (SSSR count). The van der Waals surface area contributed by atoms with Gasteiger partial charge in [-0.05, 0) is 40.6 Å². The second-order valence-corrected chi connectivity index (χ2v) is 5.92. The first-order chi connectivity index (χ1) is 10.7. The van der Waals surface area contributed by atoms with Gasteiger partial charge in [-0.1, -0.05) is 58.4 Å². The highest BCUT2D eigenvalue weighted by Crippen LogP contribution is 2.22. The lowest BCUT2D eigenvalue weighted by atomic mass is 10.1. The van der Waals surface area contributed by atoms with Gasteiger partial charge >= 0.3 is 6.03 Å². The highest BCUT2D eigenvalue weighted by molar-refractivity contribution is 9.10. The molecule has 110 valence electrons. The molecule has 0 aliphatic carbocycles. The molecule has 0 aliphatic heterocycles. The zero-order valence-electron chi connectivity index (χ0n) is 11.8. The first-order valence-electron chi connectivity index (χ1n) is 6.99. The van der Waals surface area contributed by atoms with Crippen molar-refractivity contribution in [1.82, 2.24) is 5.32 Å². The number of benzene rings is 3. The van der Waals surface area contributed by atoms with Crippen molar-refractivity contribution < 1.29 is 4.79 Å². The number of carbonyl (C=O) groups is 1. The molecule has 0 saturated carbocycles. The van der Waals surface area contributed by atoms with Gasteiger partial charge in [0.05, 0.1) is 0 Å². The maximum absolute atomic E-state index is 11.9. The molecular formula is C18H15BrN2O. The Kier molecular flexibility index (Phi) is 4.39. The number of amides is 2. The maximum Gasteiger partial charge on any atom is 0.319 e. The Morgan fingerprint density at radius 1 is 0.909 bits per heavy atom. The quantitative estimate of drug-likeness (QED) is 0.688. The fourth-order valence-corrected chi connectivity index (χ4v) is 2.63. The minimum atomic E-state index is -0.208. The van der Waals surface area contributed by atoms with Crippen LogP contribution in [-0.4, -0.2) is 6.03 Å². The number of carbonyl (C=O) groups excluding carboxylic acids is 1. The lowest BCUT2D eigenvalue weighted by molar-refractivity contribution is 0.251. The van der Waals surface area contributed by atoms with Crippen molar-refractivity contribution in [2.75, 3.05) is 5.32 Å². The number of halogens is 1. The summed E-state index contributed by atoms with van der Waals surface area (Å²) in [5, 5.41) is 7.92. The van der Waals surface area contributed by atoms with Crippen molar-refractivity contribution in [2.45, 2.75) is 6.54 Å². The molecule has 2 amide bonds. The molecule has 0 radical (unpaired) electrons. The summed E-state index contributed by atoms with van der Waals surface area (Å²) in [5.41, 5.74) is 1.85. The predicted octanol–water partition coefficient (Wildman–Crippen LogP) is 4.92. The minimum Gasteiger partial charge on any atom is -0.334 e. The number of urea groups is 1. The molecule has 22 heavy (non-hydrogen) atoms. The molecule has 0 fully saturated rings. The Bertz CT molecular complexity index is 803. The molecule has 0 unspecified atom stereocenters. The first kappa shape index (κ1) is 14.6. The number of hydrogen-bond acceptors (Lipinski definition) is 1.